The molecule has 1 aliphatic rings. The first kappa shape index (κ1) is 8.45. The number of ether oxygens (including phenoxy) is 1. The van der Waals surface area contributed by atoms with Crippen LogP contribution in [0.4, 0.5) is 0 Å². The zero-order valence-corrected chi connectivity index (χ0v) is 6.54. The molecule has 5 nitrogen and oxygen atoms in total. The number of hydrazine groups is 1. The van der Waals surface area contributed by atoms with Gasteiger partial charge in [0.2, 0.25) is 5.91 Å². The van der Waals surface area contributed by atoms with E-state index in [0.29, 0.717) is 12.6 Å². The monoisotopic (exact) mass is 159 g/mol. The molecule has 3 N–H and O–H groups in total. The molecule has 0 spiro atoms. The molecule has 1 heterocycles. The van der Waals surface area contributed by atoms with Gasteiger partial charge >= 0.3 is 0 Å². The minimum absolute atomic E-state index is 0.153. The maximum atomic E-state index is 10.7. The summed E-state index contributed by atoms with van der Waals surface area (Å²) < 4.78 is 5.03. The molecule has 0 radical (unpaired) electrons. The molecule has 11 heavy (non-hydrogen) atoms. The Bertz CT molecular complexity index is 145. The van der Waals surface area contributed by atoms with Crippen LogP contribution in [0, 0.1) is 0 Å². The molecule has 0 aromatic rings. The van der Waals surface area contributed by atoms with E-state index in [4.69, 9.17) is 10.6 Å². The number of nitrogens with one attached hydrogen (secondary N) is 1. The van der Waals surface area contributed by atoms with E-state index < -0.39 is 0 Å². The van der Waals surface area contributed by atoms with E-state index in [1.54, 1.807) is 7.11 Å². The number of hydrogen-bond acceptors (Lipinski definition) is 4. The topological polar surface area (TPSA) is 67.6 Å². The van der Waals surface area contributed by atoms with E-state index in [-0.39, 0.29) is 5.91 Å². The molecule has 1 fully saturated rings. The second-order valence-electron chi connectivity index (χ2n) is 2.62. The van der Waals surface area contributed by atoms with Gasteiger partial charge < -0.3 is 4.74 Å². The molecule has 5 heteroatoms. The predicted octanol–water partition coefficient (Wildman–Crippen LogP) is -1.69. The number of hydrogen-bond donors (Lipinski definition) is 2. The van der Waals surface area contributed by atoms with Crippen molar-refractivity contribution in [3.05, 3.63) is 0 Å². The first-order valence-electron chi connectivity index (χ1n) is 3.51. The van der Waals surface area contributed by atoms with Gasteiger partial charge in [0.05, 0.1) is 12.6 Å². The lowest BCUT2D eigenvalue weighted by atomic mass is 10.2. The first-order valence-corrected chi connectivity index (χ1v) is 3.51. The maximum absolute atomic E-state index is 10.7. The Morgan fingerprint density at radius 1 is 1.82 bits per heavy atom. The van der Waals surface area contributed by atoms with Gasteiger partial charge in [-0.1, -0.05) is 0 Å². The van der Waals surface area contributed by atoms with Crippen molar-refractivity contribution >= 4 is 5.91 Å². The number of methoxy groups -OCH3 is 1. The van der Waals surface area contributed by atoms with Crippen LogP contribution in [0.25, 0.3) is 0 Å². The van der Waals surface area contributed by atoms with Crippen LogP contribution in [0.15, 0.2) is 0 Å². The van der Waals surface area contributed by atoms with Crippen molar-refractivity contribution in [1.82, 2.24) is 10.3 Å². The normalized spacial score (nSPS) is 19.5. The molecule has 0 saturated carbocycles. The molecule has 0 aliphatic carbocycles. The van der Waals surface area contributed by atoms with E-state index >= 15 is 0 Å². The summed E-state index contributed by atoms with van der Waals surface area (Å²) in [6.07, 6.45) is 0.292. The smallest absolute Gasteiger partial charge is 0.248 e. The SMILES string of the molecule is COC1CN(CC(=O)NN)C1. The van der Waals surface area contributed by atoms with Gasteiger partial charge in [0, 0.05) is 20.2 Å². The third-order valence-corrected chi connectivity index (χ3v) is 1.79. The molecule has 0 unspecified atom stereocenters. The summed E-state index contributed by atoms with van der Waals surface area (Å²) in [5.41, 5.74) is 2.08. The molecule has 0 atom stereocenters. The molecule has 1 saturated heterocycles. The summed E-state index contributed by atoms with van der Waals surface area (Å²) in [5, 5.41) is 0. The van der Waals surface area contributed by atoms with Crippen molar-refractivity contribution < 1.29 is 9.53 Å². The Labute approximate surface area is 65.5 Å². The number of nitrogens with two attached hydrogens (primary N) is 1. The van der Waals surface area contributed by atoms with E-state index in [9.17, 15) is 4.79 Å². The molecular formula is C6H13N3O2. The van der Waals surface area contributed by atoms with Gasteiger partial charge in [0.15, 0.2) is 0 Å². The molecule has 0 bridgehead atoms. The zero-order valence-electron chi connectivity index (χ0n) is 6.54. The van der Waals surface area contributed by atoms with Gasteiger partial charge in [-0.05, 0) is 0 Å². The van der Waals surface area contributed by atoms with Crippen molar-refractivity contribution in [1.29, 1.82) is 0 Å². The van der Waals surface area contributed by atoms with E-state index in [2.05, 4.69) is 5.43 Å². The third kappa shape index (κ3) is 2.14. The van der Waals surface area contributed by atoms with Crippen molar-refractivity contribution in [2.24, 2.45) is 5.84 Å². The van der Waals surface area contributed by atoms with Crippen molar-refractivity contribution in [3.63, 3.8) is 0 Å². The van der Waals surface area contributed by atoms with E-state index in [1.807, 2.05) is 4.90 Å². The number of carbonyl (C=O) groups is 1. The number of likely N-dealkylation sites (tertiary alicyclic amines) is 1. The lowest BCUT2D eigenvalue weighted by Gasteiger charge is -2.37. The fourth-order valence-electron chi connectivity index (χ4n) is 1.05. The summed E-state index contributed by atoms with van der Waals surface area (Å²) in [6, 6.07) is 0. The van der Waals surface area contributed by atoms with E-state index in [1.165, 1.54) is 0 Å². The first-order chi connectivity index (χ1) is 5.26. The lowest BCUT2D eigenvalue weighted by molar-refractivity contribution is -0.125. The van der Waals surface area contributed by atoms with Crippen LogP contribution in [0.5, 0.6) is 0 Å². The van der Waals surface area contributed by atoms with Gasteiger partial charge in [0.1, 0.15) is 0 Å². The Kier molecular flexibility index (Phi) is 2.81. The third-order valence-electron chi connectivity index (χ3n) is 1.79. The van der Waals surface area contributed by atoms with Gasteiger partial charge in [-0.25, -0.2) is 5.84 Å². The van der Waals surface area contributed by atoms with Gasteiger partial charge in [-0.15, -0.1) is 0 Å². The van der Waals surface area contributed by atoms with Crippen LogP contribution < -0.4 is 11.3 Å². The number of amides is 1. The Balaban J connectivity index is 2.08. The van der Waals surface area contributed by atoms with Crippen molar-refractivity contribution in [2.75, 3.05) is 26.7 Å². The fourth-order valence-corrected chi connectivity index (χ4v) is 1.05. The minimum Gasteiger partial charge on any atom is -0.379 e. The average molecular weight is 159 g/mol. The van der Waals surface area contributed by atoms with Crippen LogP contribution in [-0.4, -0.2) is 43.7 Å². The molecule has 1 aliphatic heterocycles. The standard InChI is InChI=1S/C6H13N3O2/c1-11-5-2-9(3-5)4-6(10)8-7/h5H,2-4,7H2,1H3,(H,8,10). The Morgan fingerprint density at radius 3 is 2.91 bits per heavy atom. The molecule has 64 valence electrons. The second-order valence-corrected chi connectivity index (χ2v) is 2.62. The van der Waals surface area contributed by atoms with Gasteiger partial charge in [-0.2, -0.15) is 0 Å². The average Bonchev–Trinajstić information content (AvgIpc) is 1.95. The van der Waals surface area contributed by atoms with Crippen LogP contribution >= 0.6 is 0 Å². The molecule has 1 rings (SSSR count). The zero-order chi connectivity index (χ0) is 8.27. The Morgan fingerprint density at radius 2 is 2.45 bits per heavy atom. The largest absolute Gasteiger partial charge is 0.379 e. The Hall–Kier alpha value is -0.650. The summed E-state index contributed by atoms with van der Waals surface area (Å²) in [7, 11) is 1.67. The highest BCUT2D eigenvalue weighted by molar-refractivity contribution is 5.77. The van der Waals surface area contributed by atoms with E-state index in [0.717, 1.165) is 13.1 Å². The second kappa shape index (κ2) is 3.66. The quantitative estimate of drug-likeness (QED) is 0.293. The summed E-state index contributed by atoms with van der Waals surface area (Å²) in [4.78, 5) is 12.7. The molecule has 1 amide bonds. The number of nitrogens with zero attached hydrogens (tertiary/aromatic N) is 1. The van der Waals surface area contributed by atoms with Crippen LogP contribution in [-0.2, 0) is 9.53 Å². The van der Waals surface area contributed by atoms with Crippen LogP contribution in [0.1, 0.15) is 0 Å². The molecule has 0 aromatic heterocycles. The lowest BCUT2D eigenvalue weighted by Crippen LogP contribution is -2.55. The minimum atomic E-state index is -0.153. The maximum Gasteiger partial charge on any atom is 0.248 e. The number of carbonyl (C=O) groups excluding carboxylic acids is 1. The summed E-state index contributed by atoms with van der Waals surface area (Å²) in [6.45, 7) is 2.02. The number of rotatable bonds is 3. The summed E-state index contributed by atoms with van der Waals surface area (Å²) >= 11 is 0. The fraction of sp³-hybridized carbons (Fsp3) is 0.833. The highest BCUT2D eigenvalue weighted by atomic mass is 16.5. The predicted molar refractivity (Wildman–Crippen MR) is 39.6 cm³/mol. The van der Waals surface area contributed by atoms with Crippen molar-refractivity contribution in [2.45, 2.75) is 6.10 Å². The molecule has 0 aromatic carbocycles. The highest BCUT2D eigenvalue weighted by Gasteiger charge is 2.27. The molecular weight excluding hydrogens is 146 g/mol. The van der Waals surface area contributed by atoms with Gasteiger partial charge in [-0.3, -0.25) is 15.1 Å². The van der Waals surface area contributed by atoms with Crippen molar-refractivity contribution in [3.8, 4) is 0 Å². The highest BCUT2D eigenvalue weighted by Crippen LogP contribution is 2.08. The van der Waals surface area contributed by atoms with Gasteiger partial charge in [0.25, 0.3) is 0 Å². The summed E-state index contributed by atoms with van der Waals surface area (Å²) in [5.74, 6) is 4.76. The van der Waals surface area contributed by atoms with Crippen LogP contribution in [0.2, 0.25) is 0 Å². The van der Waals surface area contributed by atoms with Crippen LogP contribution in [0.3, 0.4) is 0 Å².